The molecule has 0 aromatic heterocycles. The highest BCUT2D eigenvalue weighted by Gasteiger charge is 2.13. The van der Waals surface area contributed by atoms with Crippen molar-refractivity contribution in [1.29, 1.82) is 0 Å². The predicted molar refractivity (Wildman–Crippen MR) is 105 cm³/mol. The Morgan fingerprint density at radius 2 is 1.19 bits per heavy atom. The second kappa shape index (κ2) is 9.40. The zero-order chi connectivity index (χ0) is 19.1. The first kappa shape index (κ1) is 20.0. The van der Waals surface area contributed by atoms with Crippen molar-refractivity contribution in [2.24, 2.45) is 0 Å². The van der Waals surface area contributed by atoms with Gasteiger partial charge >= 0.3 is 11.9 Å². The number of ether oxygens (including phenoxy) is 2. The molecule has 2 rings (SSSR count). The number of hydrogen-bond acceptors (Lipinski definition) is 8. The maximum Gasteiger partial charge on any atom is 0.338 e. The van der Waals surface area contributed by atoms with Gasteiger partial charge < -0.3 is 20.9 Å². The highest BCUT2D eigenvalue weighted by atomic mass is 33.1. The molecule has 26 heavy (non-hydrogen) atoms. The molecule has 138 valence electrons. The zero-order valence-corrected chi connectivity index (χ0v) is 16.1. The molecule has 2 aromatic carbocycles. The largest absolute Gasteiger partial charge is 0.462 e. The van der Waals surface area contributed by atoms with Crippen LogP contribution in [-0.4, -0.2) is 25.2 Å². The lowest BCUT2D eigenvalue weighted by Crippen LogP contribution is -2.05. The van der Waals surface area contributed by atoms with Gasteiger partial charge in [0.2, 0.25) is 0 Å². The Hall–Kier alpha value is -2.32. The fraction of sp³-hybridized carbons (Fsp3) is 0.222. The van der Waals surface area contributed by atoms with Gasteiger partial charge in [-0.25, -0.2) is 9.59 Å². The van der Waals surface area contributed by atoms with Gasteiger partial charge in [-0.2, -0.15) is 0 Å². The lowest BCUT2D eigenvalue weighted by molar-refractivity contribution is 0.0516. The van der Waals surface area contributed by atoms with Crippen LogP contribution in [0.1, 0.15) is 34.6 Å². The van der Waals surface area contributed by atoms with Crippen molar-refractivity contribution < 1.29 is 19.1 Å². The third-order valence-corrected chi connectivity index (χ3v) is 5.75. The Bertz CT molecular complexity index is 744. The number of benzene rings is 2. The van der Waals surface area contributed by atoms with Crippen LogP contribution in [0.25, 0.3) is 0 Å². The van der Waals surface area contributed by atoms with Gasteiger partial charge in [0.05, 0.1) is 24.3 Å². The highest BCUT2D eigenvalue weighted by Crippen LogP contribution is 2.42. The first-order chi connectivity index (χ1) is 12.5. The first-order valence-corrected chi connectivity index (χ1v) is 10.1. The van der Waals surface area contributed by atoms with E-state index in [-0.39, 0.29) is 0 Å². The third-order valence-electron chi connectivity index (χ3n) is 3.27. The van der Waals surface area contributed by atoms with E-state index in [0.717, 1.165) is 0 Å². The molecule has 0 spiro atoms. The van der Waals surface area contributed by atoms with E-state index >= 15 is 0 Å². The van der Waals surface area contributed by atoms with E-state index in [0.29, 0.717) is 45.5 Å². The van der Waals surface area contributed by atoms with Gasteiger partial charge in [-0.15, -0.1) is 0 Å². The van der Waals surface area contributed by atoms with E-state index in [1.54, 1.807) is 50.2 Å². The smallest absolute Gasteiger partial charge is 0.338 e. The molecule has 0 heterocycles. The van der Waals surface area contributed by atoms with Crippen molar-refractivity contribution in [2.75, 3.05) is 24.7 Å². The molecule has 0 atom stereocenters. The van der Waals surface area contributed by atoms with Crippen molar-refractivity contribution in [3.8, 4) is 0 Å². The summed E-state index contributed by atoms with van der Waals surface area (Å²) in [6.45, 7) is 4.11. The van der Waals surface area contributed by atoms with Crippen molar-refractivity contribution in [3.05, 3.63) is 47.5 Å². The monoisotopic (exact) mass is 392 g/mol. The van der Waals surface area contributed by atoms with Crippen LogP contribution in [-0.2, 0) is 9.47 Å². The van der Waals surface area contributed by atoms with Crippen molar-refractivity contribution in [1.82, 2.24) is 0 Å². The first-order valence-electron chi connectivity index (χ1n) is 7.94. The molecule has 0 aliphatic carbocycles. The number of carbonyl (C=O) groups excluding carboxylic acids is 2. The topological polar surface area (TPSA) is 105 Å². The fourth-order valence-electron chi connectivity index (χ4n) is 1.99. The van der Waals surface area contributed by atoms with Crippen LogP contribution in [0.2, 0.25) is 0 Å². The number of nitrogens with two attached hydrogens (primary N) is 2. The molecule has 0 aliphatic heterocycles. The van der Waals surface area contributed by atoms with Gasteiger partial charge in [-0.3, -0.25) is 0 Å². The van der Waals surface area contributed by atoms with Crippen molar-refractivity contribution >= 4 is 44.9 Å². The van der Waals surface area contributed by atoms with Crippen LogP contribution < -0.4 is 11.5 Å². The standard InChI is InChI=1S/C18H20N2O4S2/c1-3-23-17(21)11-5-7-13(19)15(9-11)25-26-16-10-12(6-8-14(16)20)18(22)24-4-2/h5-10H,3-4,19-20H2,1-2H3. The molecule has 4 N–H and O–H groups in total. The van der Waals surface area contributed by atoms with E-state index in [9.17, 15) is 9.59 Å². The van der Waals surface area contributed by atoms with Crippen LogP contribution in [0.15, 0.2) is 46.2 Å². The molecular formula is C18H20N2O4S2. The summed E-state index contributed by atoms with van der Waals surface area (Å²) in [6.07, 6.45) is 0. The maximum atomic E-state index is 11.9. The second-order valence-corrected chi connectivity index (χ2v) is 7.33. The van der Waals surface area contributed by atoms with E-state index in [4.69, 9.17) is 20.9 Å². The summed E-state index contributed by atoms with van der Waals surface area (Å²) in [7, 11) is 2.70. The molecule has 0 saturated heterocycles. The van der Waals surface area contributed by atoms with Crippen molar-refractivity contribution in [3.63, 3.8) is 0 Å². The average Bonchev–Trinajstić information content (AvgIpc) is 2.62. The minimum Gasteiger partial charge on any atom is -0.462 e. The summed E-state index contributed by atoms with van der Waals surface area (Å²) in [5, 5.41) is 0. The molecule has 0 saturated carbocycles. The Balaban J connectivity index is 2.18. The molecule has 0 unspecified atom stereocenters. The summed E-state index contributed by atoms with van der Waals surface area (Å²) in [5.41, 5.74) is 13.9. The number of rotatable bonds is 7. The normalized spacial score (nSPS) is 10.4. The van der Waals surface area contributed by atoms with Gasteiger partial charge in [0.15, 0.2) is 0 Å². The Morgan fingerprint density at radius 1 is 0.808 bits per heavy atom. The van der Waals surface area contributed by atoms with E-state index in [2.05, 4.69) is 0 Å². The second-order valence-electron chi connectivity index (χ2n) is 5.11. The molecular weight excluding hydrogens is 372 g/mol. The van der Waals surface area contributed by atoms with E-state index < -0.39 is 11.9 Å². The van der Waals surface area contributed by atoms with E-state index in [1.165, 1.54) is 21.6 Å². The van der Waals surface area contributed by atoms with Gasteiger partial charge in [-0.1, -0.05) is 21.6 Å². The minimum atomic E-state index is -0.400. The predicted octanol–water partition coefficient (Wildman–Crippen LogP) is 4.00. The van der Waals surface area contributed by atoms with Gasteiger partial charge in [-0.05, 0) is 50.2 Å². The molecule has 0 aliphatic rings. The Labute approximate surface area is 160 Å². The molecule has 8 heteroatoms. The Kier molecular flexibility index (Phi) is 7.23. The summed E-state index contributed by atoms with van der Waals surface area (Å²) in [6, 6.07) is 9.92. The van der Waals surface area contributed by atoms with Gasteiger partial charge in [0.1, 0.15) is 0 Å². The molecule has 2 aromatic rings. The van der Waals surface area contributed by atoms with Gasteiger partial charge in [0.25, 0.3) is 0 Å². The van der Waals surface area contributed by atoms with Crippen LogP contribution in [0.3, 0.4) is 0 Å². The number of carbonyl (C=O) groups is 2. The number of esters is 2. The maximum absolute atomic E-state index is 11.9. The molecule has 0 radical (unpaired) electrons. The molecule has 0 bridgehead atoms. The summed E-state index contributed by atoms with van der Waals surface area (Å²) in [4.78, 5) is 25.2. The minimum absolute atomic E-state index is 0.303. The number of anilines is 2. The van der Waals surface area contributed by atoms with Crippen molar-refractivity contribution in [2.45, 2.75) is 23.6 Å². The summed E-state index contributed by atoms with van der Waals surface area (Å²) < 4.78 is 10.0. The average molecular weight is 393 g/mol. The van der Waals surface area contributed by atoms with Crippen LogP contribution in [0.5, 0.6) is 0 Å². The fourth-order valence-corrected chi connectivity index (χ4v) is 4.25. The molecule has 6 nitrogen and oxygen atoms in total. The quantitative estimate of drug-likeness (QED) is 0.414. The zero-order valence-electron chi connectivity index (χ0n) is 14.5. The molecule has 0 amide bonds. The van der Waals surface area contributed by atoms with Crippen LogP contribution in [0.4, 0.5) is 11.4 Å². The number of nitrogen functional groups attached to an aromatic ring is 2. The Morgan fingerprint density at radius 3 is 1.54 bits per heavy atom. The lowest BCUT2D eigenvalue weighted by Gasteiger charge is -2.10. The molecule has 0 fully saturated rings. The van der Waals surface area contributed by atoms with Crippen LogP contribution in [0, 0.1) is 0 Å². The third kappa shape index (κ3) is 5.09. The highest BCUT2D eigenvalue weighted by molar-refractivity contribution is 8.76. The summed E-state index contributed by atoms with van der Waals surface area (Å²) >= 11 is 0. The number of hydrogen-bond donors (Lipinski definition) is 2. The SMILES string of the molecule is CCOC(=O)c1ccc(N)c(SSc2cc(C(=O)OCC)ccc2N)c1. The van der Waals surface area contributed by atoms with E-state index in [1.807, 2.05) is 0 Å². The lowest BCUT2D eigenvalue weighted by atomic mass is 10.2. The van der Waals surface area contributed by atoms with Crippen LogP contribution >= 0.6 is 21.6 Å². The van der Waals surface area contributed by atoms with Gasteiger partial charge in [0, 0.05) is 21.2 Å². The summed E-state index contributed by atoms with van der Waals surface area (Å²) in [5.74, 6) is -0.800.